The average Bonchev–Trinajstić information content (AvgIpc) is 2.92. The van der Waals surface area contributed by atoms with Gasteiger partial charge in [0, 0.05) is 11.6 Å². The van der Waals surface area contributed by atoms with Gasteiger partial charge in [0.15, 0.2) is 5.65 Å². The number of carbonyl (C=O) groups is 1. The van der Waals surface area contributed by atoms with Gasteiger partial charge >= 0.3 is 5.97 Å². The molecule has 0 radical (unpaired) electrons. The van der Waals surface area contributed by atoms with E-state index in [0.29, 0.717) is 10.9 Å². The van der Waals surface area contributed by atoms with Crippen LogP contribution in [0.15, 0.2) is 47.8 Å². The number of aromatic nitrogens is 3. The molecule has 0 aliphatic heterocycles. The maximum Gasteiger partial charge on any atom is 0.309 e. The number of hydrogen-bond donors (Lipinski definition) is 1. The summed E-state index contributed by atoms with van der Waals surface area (Å²) in [6.07, 6.45) is 2.24. The van der Waals surface area contributed by atoms with Crippen molar-refractivity contribution in [2.45, 2.75) is 18.2 Å². The van der Waals surface area contributed by atoms with Gasteiger partial charge in [-0.2, -0.15) is 0 Å². The Hall–Kier alpha value is -2.74. The molecule has 0 spiro atoms. The molecule has 0 atom stereocenters. The Morgan fingerprint density at radius 1 is 1.22 bits per heavy atom. The van der Waals surface area contributed by atoms with Gasteiger partial charge < -0.3 is 5.11 Å². The second-order valence-corrected chi connectivity index (χ2v) is 6.79. The van der Waals surface area contributed by atoms with Gasteiger partial charge in [-0.25, -0.2) is 22.4 Å². The lowest BCUT2D eigenvalue weighted by Gasteiger charge is -2.09. The molecule has 0 aliphatic carbocycles. The van der Waals surface area contributed by atoms with E-state index in [1.165, 1.54) is 24.7 Å². The van der Waals surface area contributed by atoms with Crippen LogP contribution in [0.4, 0.5) is 0 Å². The molecule has 0 fully saturated rings. The number of carboxylic acid groups (broad SMARTS) is 1. The topological polar surface area (TPSA) is 102 Å². The number of aliphatic carboxylic acids is 1. The molecule has 2 aromatic heterocycles. The third-order valence-electron chi connectivity index (χ3n) is 3.48. The Bertz CT molecular complexity index is 1010. The zero-order valence-corrected chi connectivity index (χ0v) is 13.0. The Balaban J connectivity index is 2.22. The van der Waals surface area contributed by atoms with Crippen molar-refractivity contribution in [1.29, 1.82) is 0 Å². The predicted octanol–water partition coefficient (Wildman–Crippen LogP) is 1.60. The first-order valence-corrected chi connectivity index (χ1v) is 8.19. The van der Waals surface area contributed by atoms with Crippen LogP contribution in [0.3, 0.4) is 0 Å². The molecule has 3 aromatic rings. The van der Waals surface area contributed by atoms with Gasteiger partial charge in [0.05, 0.1) is 17.0 Å². The highest BCUT2D eigenvalue weighted by Crippen LogP contribution is 2.24. The molecule has 8 heteroatoms. The summed E-state index contributed by atoms with van der Waals surface area (Å²) in [6, 6.07) is 8.16. The minimum absolute atomic E-state index is 0.166. The summed E-state index contributed by atoms with van der Waals surface area (Å²) in [7, 11) is -3.82. The number of rotatable bonds is 4. The number of aryl methyl sites for hydroxylation is 1. The number of nitrogens with zero attached hydrogens (tertiary/aromatic N) is 3. The summed E-state index contributed by atoms with van der Waals surface area (Å²) in [6.45, 7) is 1.71. The molecule has 0 saturated heterocycles. The lowest BCUT2D eigenvalue weighted by molar-refractivity contribution is -0.136. The summed E-state index contributed by atoms with van der Waals surface area (Å²) >= 11 is 0. The van der Waals surface area contributed by atoms with Crippen LogP contribution in [-0.2, 0) is 21.2 Å². The van der Waals surface area contributed by atoms with Crippen molar-refractivity contribution in [3.8, 4) is 0 Å². The summed E-state index contributed by atoms with van der Waals surface area (Å²) < 4.78 is 26.8. The first-order chi connectivity index (χ1) is 10.9. The van der Waals surface area contributed by atoms with Crippen molar-refractivity contribution < 1.29 is 18.3 Å². The minimum atomic E-state index is -3.82. The minimum Gasteiger partial charge on any atom is -0.481 e. The zero-order chi connectivity index (χ0) is 16.6. The molecule has 2 heterocycles. The van der Waals surface area contributed by atoms with Gasteiger partial charge in [-0.3, -0.25) is 4.79 Å². The molecule has 0 amide bonds. The van der Waals surface area contributed by atoms with Crippen molar-refractivity contribution in [3.63, 3.8) is 0 Å². The molecule has 3 rings (SSSR count). The van der Waals surface area contributed by atoms with Crippen LogP contribution in [-0.4, -0.2) is 33.4 Å². The molecule has 0 aliphatic rings. The monoisotopic (exact) mass is 331 g/mol. The van der Waals surface area contributed by atoms with Gasteiger partial charge in [-0.05, 0) is 24.6 Å². The molecule has 0 unspecified atom stereocenters. The SMILES string of the molecule is Cc1ccccc1S(=O)(=O)n1ccc2c(CC(=O)O)ncnc21. The molecule has 7 nitrogen and oxygen atoms in total. The van der Waals surface area contributed by atoms with Crippen LogP contribution in [0, 0.1) is 6.92 Å². The summed E-state index contributed by atoms with van der Waals surface area (Å²) in [5.41, 5.74) is 1.06. The Labute approximate surface area is 132 Å². The van der Waals surface area contributed by atoms with Crippen molar-refractivity contribution in [3.05, 3.63) is 54.1 Å². The number of carboxylic acids is 1. The molecule has 1 aromatic carbocycles. The lowest BCUT2D eigenvalue weighted by Crippen LogP contribution is -2.14. The van der Waals surface area contributed by atoms with Crippen molar-refractivity contribution in [2.75, 3.05) is 0 Å². The van der Waals surface area contributed by atoms with Crippen LogP contribution < -0.4 is 0 Å². The van der Waals surface area contributed by atoms with E-state index in [9.17, 15) is 13.2 Å². The second kappa shape index (κ2) is 5.47. The van der Waals surface area contributed by atoms with Crippen LogP contribution in [0.25, 0.3) is 11.0 Å². The van der Waals surface area contributed by atoms with E-state index in [1.54, 1.807) is 25.1 Å². The van der Waals surface area contributed by atoms with Gasteiger partial charge in [0.2, 0.25) is 0 Å². The standard InChI is InChI=1S/C15H13N3O4S/c1-10-4-2-3-5-13(10)23(21,22)18-7-6-11-12(8-14(19)20)16-9-17-15(11)18/h2-7,9H,8H2,1H3,(H,19,20). The van der Waals surface area contributed by atoms with E-state index in [2.05, 4.69) is 9.97 Å². The summed E-state index contributed by atoms with van der Waals surface area (Å²) in [5, 5.41) is 9.33. The normalized spacial score (nSPS) is 11.7. The van der Waals surface area contributed by atoms with Gasteiger partial charge in [0.25, 0.3) is 10.0 Å². The Kier molecular flexibility index (Phi) is 3.61. The summed E-state index contributed by atoms with van der Waals surface area (Å²) in [4.78, 5) is 19.0. The highest BCUT2D eigenvalue weighted by molar-refractivity contribution is 7.90. The lowest BCUT2D eigenvalue weighted by atomic mass is 10.2. The fraction of sp³-hybridized carbons (Fsp3) is 0.133. The first kappa shape index (κ1) is 15.2. The van der Waals surface area contributed by atoms with Crippen molar-refractivity contribution in [2.24, 2.45) is 0 Å². The van der Waals surface area contributed by atoms with Crippen molar-refractivity contribution in [1.82, 2.24) is 13.9 Å². The fourth-order valence-corrected chi connectivity index (χ4v) is 3.94. The van der Waals surface area contributed by atoms with Crippen LogP contribution in [0.5, 0.6) is 0 Å². The third-order valence-corrected chi connectivity index (χ3v) is 5.31. The van der Waals surface area contributed by atoms with Crippen LogP contribution >= 0.6 is 0 Å². The average molecular weight is 331 g/mol. The highest BCUT2D eigenvalue weighted by Gasteiger charge is 2.22. The van der Waals surface area contributed by atoms with E-state index >= 15 is 0 Å². The smallest absolute Gasteiger partial charge is 0.309 e. The molecular weight excluding hydrogens is 318 g/mol. The van der Waals surface area contributed by atoms with Gasteiger partial charge in [0.1, 0.15) is 6.33 Å². The van der Waals surface area contributed by atoms with Gasteiger partial charge in [-0.1, -0.05) is 18.2 Å². The molecule has 0 bridgehead atoms. The van der Waals surface area contributed by atoms with E-state index < -0.39 is 16.0 Å². The molecule has 0 saturated carbocycles. The van der Waals surface area contributed by atoms with Crippen molar-refractivity contribution >= 4 is 27.0 Å². The maximum absolute atomic E-state index is 12.8. The Morgan fingerprint density at radius 2 is 1.96 bits per heavy atom. The quantitative estimate of drug-likeness (QED) is 0.779. The Morgan fingerprint density at radius 3 is 2.65 bits per heavy atom. The van der Waals surface area contributed by atoms with E-state index in [0.717, 1.165) is 3.97 Å². The number of hydrogen-bond acceptors (Lipinski definition) is 5. The molecule has 23 heavy (non-hydrogen) atoms. The first-order valence-electron chi connectivity index (χ1n) is 6.75. The summed E-state index contributed by atoms with van der Waals surface area (Å²) in [5.74, 6) is -1.04. The fourth-order valence-electron chi connectivity index (χ4n) is 2.41. The zero-order valence-electron chi connectivity index (χ0n) is 12.2. The van der Waals surface area contributed by atoms with Crippen LogP contribution in [0.2, 0.25) is 0 Å². The number of fused-ring (bicyclic) bond motifs is 1. The maximum atomic E-state index is 12.8. The highest BCUT2D eigenvalue weighted by atomic mass is 32.2. The molecular formula is C15H13N3O4S. The largest absolute Gasteiger partial charge is 0.481 e. The second-order valence-electron chi connectivity index (χ2n) is 5.01. The molecule has 118 valence electrons. The molecule has 1 N–H and O–H groups in total. The third kappa shape index (κ3) is 2.57. The number of benzene rings is 1. The van der Waals surface area contributed by atoms with Gasteiger partial charge in [-0.15, -0.1) is 0 Å². The van der Waals surface area contributed by atoms with Crippen LogP contribution in [0.1, 0.15) is 11.3 Å². The predicted molar refractivity (Wildman–Crippen MR) is 82.6 cm³/mol. The van der Waals surface area contributed by atoms with E-state index in [4.69, 9.17) is 5.11 Å². The van der Waals surface area contributed by atoms with E-state index in [-0.39, 0.29) is 22.7 Å². The van der Waals surface area contributed by atoms with E-state index in [1.807, 2.05) is 0 Å².